The van der Waals surface area contributed by atoms with Gasteiger partial charge >= 0.3 is 0 Å². The van der Waals surface area contributed by atoms with Gasteiger partial charge in [-0.1, -0.05) is 13.8 Å². The van der Waals surface area contributed by atoms with E-state index >= 15 is 0 Å². The first-order valence-corrected chi connectivity index (χ1v) is 6.50. The molecule has 0 aromatic rings. The van der Waals surface area contributed by atoms with Crippen LogP contribution in [0.25, 0.3) is 0 Å². The second-order valence-corrected chi connectivity index (χ2v) is 5.90. The lowest BCUT2D eigenvalue weighted by Gasteiger charge is -2.39. The summed E-state index contributed by atoms with van der Waals surface area (Å²) >= 11 is 0. The molecule has 1 aliphatic rings. The van der Waals surface area contributed by atoms with E-state index in [0.717, 1.165) is 26.0 Å². The van der Waals surface area contributed by atoms with Gasteiger partial charge in [-0.25, -0.2) is 0 Å². The quantitative estimate of drug-likeness (QED) is 0.705. The molecule has 0 saturated carbocycles. The SMILES string of the molecule is COCCCC(N)CN1CCCC(C)(C)C1. The number of likely N-dealkylation sites (tertiary alicyclic amines) is 1. The molecule has 1 heterocycles. The largest absolute Gasteiger partial charge is 0.385 e. The van der Waals surface area contributed by atoms with Gasteiger partial charge < -0.3 is 15.4 Å². The monoisotopic (exact) mass is 228 g/mol. The molecule has 1 fully saturated rings. The Morgan fingerprint density at radius 3 is 2.81 bits per heavy atom. The third kappa shape index (κ3) is 5.28. The first kappa shape index (κ1) is 13.9. The molecule has 0 aliphatic carbocycles. The second-order valence-electron chi connectivity index (χ2n) is 5.90. The lowest BCUT2D eigenvalue weighted by molar-refractivity contribution is 0.109. The Labute approximate surface area is 100 Å². The summed E-state index contributed by atoms with van der Waals surface area (Å²) in [5.74, 6) is 0. The van der Waals surface area contributed by atoms with Crippen LogP contribution in [-0.4, -0.2) is 44.3 Å². The van der Waals surface area contributed by atoms with Crippen LogP contribution in [0.5, 0.6) is 0 Å². The van der Waals surface area contributed by atoms with Gasteiger partial charge in [0.25, 0.3) is 0 Å². The van der Waals surface area contributed by atoms with Gasteiger partial charge in [0.05, 0.1) is 0 Å². The molecule has 0 aromatic carbocycles. The Morgan fingerprint density at radius 2 is 2.19 bits per heavy atom. The summed E-state index contributed by atoms with van der Waals surface area (Å²) in [6, 6.07) is 0.309. The summed E-state index contributed by atoms with van der Waals surface area (Å²) in [4.78, 5) is 2.53. The molecule has 0 spiro atoms. The lowest BCUT2D eigenvalue weighted by Crippen LogP contribution is -2.45. The normalized spacial score (nSPS) is 23.2. The zero-order valence-corrected chi connectivity index (χ0v) is 11.2. The van der Waals surface area contributed by atoms with E-state index in [0.29, 0.717) is 11.5 Å². The highest BCUT2D eigenvalue weighted by Crippen LogP contribution is 2.28. The van der Waals surface area contributed by atoms with Gasteiger partial charge in [-0.05, 0) is 37.6 Å². The minimum atomic E-state index is 0.309. The van der Waals surface area contributed by atoms with Crippen LogP contribution in [0, 0.1) is 5.41 Å². The van der Waals surface area contributed by atoms with Crippen molar-refractivity contribution in [1.82, 2.24) is 4.90 Å². The average molecular weight is 228 g/mol. The number of piperidine rings is 1. The van der Waals surface area contributed by atoms with E-state index in [-0.39, 0.29) is 0 Å². The van der Waals surface area contributed by atoms with E-state index in [4.69, 9.17) is 10.5 Å². The van der Waals surface area contributed by atoms with E-state index in [2.05, 4.69) is 18.7 Å². The summed E-state index contributed by atoms with van der Waals surface area (Å²) in [7, 11) is 1.75. The van der Waals surface area contributed by atoms with Gasteiger partial charge in [-0.15, -0.1) is 0 Å². The van der Waals surface area contributed by atoms with Crippen molar-refractivity contribution >= 4 is 0 Å². The average Bonchev–Trinajstić information content (AvgIpc) is 2.16. The number of rotatable bonds is 6. The first-order chi connectivity index (χ1) is 7.53. The van der Waals surface area contributed by atoms with Crippen LogP contribution in [0.15, 0.2) is 0 Å². The molecule has 2 N–H and O–H groups in total. The first-order valence-electron chi connectivity index (χ1n) is 6.50. The van der Waals surface area contributed by atoms with Crippen molar-refractivity contribution < 1.29 is 4.74 Å². The van der Waals surface area contributed by atoms with Crippen LogP contribution >= 0.6 is 0 Å². The van der Waals surface area contributed by atoms with E-state index in [1.54, 1.807) is 7.11 Å². The summed E-state index contributed by atoms with van der Waals surface area (Å²) in [6.07, 6.45) is 4.82. The molecule has 0 amide bonds. The number of ether oxygens (including phenoxy) is 1. The third-order valence-electron chi connectivity index (χ3n) is 3.40. The maximum atomic E-state index is 6.14. The number of hydrogen-bond acceptors (Lipinski definition) is 3. The van der Waals surface area contributed by atoms with Crippen LogP contribution in [-0.2, 0) is 4.74 Å². The van der Waals surface area contributed by atoms with Gasteiger partial charge in [-0.2, -0.15) is 0 Å². The van der Waals surface area contributed by atoms with E-state index in [9.17, 15) is 0 Å². The maximum absolute atomic E-state index is 6.14. The van der Waals surface area contributed by atoms with Gasteiger partial charge in [0, 0.05) is 32.8 Å². The Bertz CT molecular complexity index is 194. The van der Waals surface area contributed by atoms with E-state index < -0.39 is 0 Å². The zero-order valence-electron chi connectivity index (χ0n) is 11.2. The lowest BCUT2D eigenvalue weighted by atomic mass is 9.84. The van der Waals surface area contributed by atoms with Gasteiger partial charge in [0.15, 0.2) is 0 Å². The van der Waals surface area contributed by atoms with Gasteiger partial charge in [-0.3, -0.25) is 0 Å². The number of hydrogen-bond donors (Lipinski definition) is 1. The minimum absolute atomic E-state index is 0.309. The van der Waals surface area contributed by atoms with Crippen LogP contribution in [0.2, 0.25) is 0 Å². The highest BCUT2D eigenvalue weighted by atomic mass is 16.5. The molecule has 0 bridgehead atoms. The molecule has 16 heavy (non-hydrogen) atoms. The Morgan fingerprint density at radius 1 is 1.44 bits per heavy atom. The van der Waals surface area contributed by atoms with E-state index in [1.165, 1.54) is 25.9 Å². The fourth-order valence-electron chi connectivity index (χ4n) is 2.61. The molecule has 1 rings (SSSR count). The number of methoxy groups -OCH3 is 1. The van der Waals surface area contributed by atoms with Crippen LogP contribution in [0.3, 0.4) is 0 Å². The summed E-state index contributed by atoms with van der Waals surface area (Å²) < 4.78 is 5.05. The highest BCUT2D eigenvalue weighted by Gasteiger charge is 2.26. The molecular weight excluding hydrogens is 200 g/mol. The molecule has 3 nitrogen and oxygen atoms in total. The number of nitrogens with two attached hydrogens (primary N) is 1. The maximum Gasteiger partial charge on any atom is 0.0462 e. The number of nitrogens with zero attached hydrogens (tertiary/aromatic N) is 1. The predicted molar refractivity (Wildman–Crippen MR) is 68.5 cm³/mol. The Kier molecular flexibility index (Phi) is 5.73. The predicted octanol–water partition coefficient (Wildman–Crippen LogP) is 1.86. The Hall–Kier alpha value is -0.120. The molecule has 1 saturated heterocycles. The summed E-state index contributed by atoms with van der Waals surface area (Å²) in [5, 5.41) is 0. The fraction of sp³-hybridized carbons (Fsp3) is 1.00. The van der Waals surface area contributed by atoms with Crippen LogP contribution in [0.1, 0.15) is 39.5 Å². The minimum Gasteiger partial charge on any atom is -0.385 e. The van der Waals surface area contributed by atoms with Crippen molar-refractivity contribution in [2.75, 3.05) is 33.4 Å². The standard InChI is InChI=1S/C13H28N2O/c1-13(2)7-5-8-15(11-13)10-12(14)6-4-9-16-3/h12H,4-11,14H2,1-3H3. The van der Waals surface area contributed by atoms with Crippen molar-refractivity contribution in [3.63, 3.8) is 0 Å². The summed E-state index contributed by atoms with van der Waals surface area (Å²) in [5.41, 5.74) is 6.61. The van der Waals surface area contributed by atoms with Crippen molar-refractivity contribution in [3.8, 4) is 0 Å². The topological polar surface area (TPSA) is 38.5 Å². The molecule has 1 aliphatic heterocycles. The molecule has 3 heteroatoms. The van der Waals surface area contributed by atoms with Crippen molar-refractivity contribution in [2.45, 2.75) is 45.6 Å². The van der Waals surface area contributed by atoms with Crippen molar-refractivity contribution in [1.29, 1.82) is 0 Å². The smallest absolute Gasteiger partial charge is 0.0462 e. The van der Waals surface area contributed by atoms with Crippen molar-refractivity contribution in [3.05, 3.63) is 0 Å². The van der Waals surface area contributed by atoms with E-state index in [1.807, 2.05) is 0 Å². The van der Waals surface area contributed by atoms with Crippen LogP contribution in [0.4, 0.5) is 0 Å². The zero-order chi connectivity index (χ0) is 12.0. The van der Waals surface area contributed by atoms with Gasteiger partial charge in [0.2, 0.25) is 0 Å². The third-order valence-corrected chi connectivity index (χ3v) is 3.40. The Balaban J connectivity index is 2.20. The van der Waals surface area contributed by atoms with Gasteiger partial charge in [0.1, 0.15) is 0 Å². The molecule has 1 unspecified atom stereocenters. The molecular formula is C13H28N2O. The fourth-order valence-corrected chi connectivity index (χ4v) is 2.61. The molecule has 1 atom stereocenters. The second kappa shape index (κ2) is 6.58. The van der Waals surface area contributed by atoms with Crippen molar-refractivity contribution in [2.24, 2.45) is 11.1 Å². The molecule has 0 radical (unpaired) electrons. The summed E-state index contributed by atoms with van der Waals surface area (Å²) in [6.45, 7) is 9.02. The highest BCUT2D eigenvalue weighted by molar-refractivity contribution is 4.81. The molecule has 0 aromatic heterocycles. The van der Waals surface area contributed by atoms with Crippen LogP contribution < -0.4 is 5.73 Å². The molecule has 96 valence electrons.